The summed E-state index contributed by atoms with van der Waals surface area (Å²) in [6, 6.07) is 12.3. The van der Waals surface area contributed by atoms with Gasteiger partial charge < -0.3 is 14.6 Å². The summed E-state index contributed by atoms with van der Waals surface area (Å²) in [5, 5.41) is 17.5. The predicted octanol–water partition coefficient (Wildman–Crippen LogP) is 3.33. The minimum Gasteiger partial charge on any atom is -0.497 e. The molecule has 0 bridgehead atoms. The monoisotopic (exact) mass is 365 g/mol. The lowest BCUT2D eigenvalue weighted by Crippen LogP contribution is -2.17. The van der Waals surface area contributed by atoms with Crippen molar-refractivity contribution in [3.63, 3.8) is 0 Å². The SMILES string of the molecule is COc1cccc(-c2c(CO)nnn2-c2ccc(OC(F)(F)F)cc2)c1. The third-order valence-corrected chi connectivity index (χ3v) is 3.55. The van der Waals surface area contributed by atoms with Gasteiger partial charge in [0, 0.05) is 5.56 Å². The van der Waals surface area contributed by atoms with E-state index in [2.05, 4.69) is 15.0 Å². The predicted molar refractivity (Wildman–Crippen MR) is 86.0 cm³/mol. The van der Waals surface area contributed by atoms with Crippen molar-refractivity contribution in [1.82, 2.24) is 15.0 Å². The topological polar surface area (TPSA) is 69.4 Å². The van der Waals surface area contributed by atoms with E-state index in [1.165, 1.54) is 36.1 Å². The van der Waals surface area contributed by atoms with Crippen LogP contribution in [0.4, 0.5) is 13.2 Å². The summed E-state index contributed by atoms with van der Waals surface area (Å²) >= 11 is 0. The Morgan fingerprint density at radius 1 is 1.08 bits per heavy atom. The van der Waals surface area contributed by atoms with Crippen LogP contribution >= 0.6 is 0 Å². The van der Waals surface area contributed by atoms with Crippen LogP contribution in [0.25, 0.3) is 16.9 Å². The first-order chi connectivity index (χ1) is 12.4. The maximum absolute atomic E-state index is 12.3. The summed E-state index contributed by atoms with van der Waals surface area (Å²) in [6.07, 6.45) is -4.76. The number of alkyl halides is 3. The molecule has 0 spiro atoms. The van der Waals surface area contributed by atoms with E-state index in [4.69, 9.17) is 4.74 Å². The summed E-state index contributed by atoms with van der Waals surface area (Å²) in [6.45, 7) is -0.345. The van der Waals surface area contributed by atoms with Gasteiger partial charge in [-0.2, -0.15) is 0 Å². The fourth-order valence-electron chi connectivity index (χ4n) is 2.45. The van der Waals surface area contributed by atoms with E-state index in [9.17, 15) is 18.3 Å². The minimum absolute atomic E-state index is 0.328. The molecule has 0 fully saturated rings. The second-order valence-corrected chi connectivity index (χ2v) is 5.23. The Labute approximate surface area is 146 Å². The highest BCUT2D eigenvalue weighted by molar-refractivity contribution is 5.66. The summed E-state index contributed by atoms with van der Waals surface area (Å²) in [5.41, 5.74) is 1.99. The molecule has 136 valence electrons. The van der Waals surface area contributed by atoms with Gasteiger partial charge in [0.2, 0.25) is 0 Å². The van der Waals surface area contributed by atoms with Gasteiger partial charge in [0.05, 0.1) is 19.4 Å². The highest BCUT2D eigenvalue weighted by Crippen LogP contribution is 2.29. The van der Waals surface area contributed by atoms with E-state index in [0.29, 0.717) is 28.4 Å². The van der Waals surface area contributed by atoms with Crippen LogP contribution in [-0.4, -0.2) is 33.6 Å². The van der Waals surface area contributed by atoms with Crippen molar-refractivity contribution >= 4 is 0 Å². The molecule has 26 heavy (non-hydrogen) atoms. The number of aliphatic hydroxyl groups excluding tert-OH is 1. The molecular formula is C17H14F3N3O3. The summed E-state index contributed by atoms with van der Waals surface area (Å²) in [5.74, 6) is 0.264. The molecule has 1 aromatic heterocycles. The molecule has 3 aromatic rings. The van der Waals surface area contributed by atoms with E-state index < -0.39 is 6.36 Å². The van der Waals surface area contributed by atoms with Crippen LogP contribution in [0.3, 0.4) is 0 Å². The van der Waals surface area contributed by atoms with Crippen molar-refractivity contribution in [3.8, 4) is 28.4 Å². The molecule has 0 radical (unpaired) electrons. The fraction of sp³-hybridized carbons (Fsp3) is 0.176. The van der Waals surface area contributed by atoms with Crippen molar-refractivity contribution < 1.29 is 27.8 Å². The molecular weight excluding hydrogens is 351 g/mol. The van der Waals surface area contributed by atoms with Gasteiger partial charge in [-0.3, -0.25) is 0 Å². The largest absolute Gasteiger partial charge is 0.573 e. The standard InChI is InChI=1S/C17H14F3N3O3/c1-25-14-4-2-3-11(9-14)16-15(10-24)21-22-23(16)12-5-7-13(8-6-12)26-17(18,19)20/h2-9,24H,10H2,1H3. The first kappa shape index (κ1) is 17.7. The quantitative estimate of drug-likeness (QED) is 0.751. The van der Waals surface area contributed by atoms with Crippen LogP contribution in [0.2, 0.25) is 0 Å². The number of aliphatic hydroxyl groups is 1. The molecule has 1 N–H and O–H groups in total. The average Bonchev–Trinajstić information content (AvgIpc) is 3.05. The lowest BCUT2D eigenvalue weighted by molar-refractivity contribution is -0.274. The maximum Gasteiger partial charge on any atom is 0.573 e. The van der Waals surface area contributed by atoms with Crippen molar-refractivity contribution in [2.24, 2.45) is 0 Å². The molecule has 0 aliphatic rings. The number of ether oxygens (including phenoxy) is 2. The van der Waals surface area contributed by atoms with Gasteiger partial charge in [0.25, 0.3) is 0 Å². The zero-order valence-electron chi connectivity index (χ0n) is 13.6. The normalized spacial score (nSPS) is 11.4. The Balaban J connectivity index is 2.02. The minimum atomic E-state index is -4.76. The van der Waals surface area contributed by atoms with Gasteiger partial charge in [0.1, 0.15) is 22.9 Å². The number of aromatic nitrogens is 3. The first-order valence-electron chi connectivity index (χ1n) is 7.47. The lowest BCUT2D eigenvalue weighted by atomic mass is 10.1. The Morgan fingerprint density at radius 2 is 1.81 bits per heavy atom. The van der Waals surface area contributed by atoms with Crippen molar-refractivity contribution in [1.29, 1.82) is 0 Å². The molecule has 0 unspecified atom stereocenters. The molecule has 0 atom stereocenters. The molecule has 6 nitrogen and oxygen atoms in total. The number of hydrogen-bond acceptors (Lipinski definition) is 5. The highest BCUT2D eigenvalue weighted by atomic mass is 19.4. The molecule has 0 aliphatic heterocycles. The molecule has 0 amide bonds. The fourth-order valence-corrected chi connectivity index (χ4v) is 2.45. The zero-order valence-corrected chi connectivity index (χ0v) is 13.6. The Hall–Kier alpha value is -3.07. The Kier molecular flexibility index (Phi) is 4.81. The summed E-state index contributed by atoms with van der Waals surface area (Å²) in [4.78, 5) is 0. The van der Waals surface area contributed by atoms with Gasteiger partial charge >= 0.3 is 6.36 Å². The second-order valence-electron chi connectivity index (χ2n) is 5.23. The molecule has 0 saturated heterocycles. The highest BCUT2D eigenvalue weighted by Gasteiger charge is 2.31. The first-order valence-corrected chi connectivity index (χ1v) is 7.47. The van der Waals surface area contributed by atoms with E-state index in [0.717, 1.165) is 0 Å². The van der Waals surface area contributed by atoms with E-state index in [1.54, 1.807) is 24.3 Å². The van der Waals surface area contributed by atoms with Crippen LogP contribution in [0.1, 0.15) is 5.69 Å². The average molecular weight is 365 g/mol. The van der Waals surface area contributed by atoms with Gasteiger partial charge in [-0.1, -0.05) is 17.3 Å². The molecule has 0 aliphatic carbocycles. The van der Waals surface area contributed by atoms with Crippen molar-refractivity contribution in [2.75, 3.05) is 7.11 Å². The molecule has 0 saturated carbocycles. The van der Waals surface area contributed by atoms with E-state index >= 15 is 0 Å². The Morgan fingerprint density at radius 3 is 2.42 bits per heavy atom. The smallest absolute Gasteiger partial charge is 0.497 e. The number of benzene rings is 2. The van der Waals surface area contributed by atoms with Crippen LogP contribution in [0.15, 0.2) is 48.5 Å². The number of hydrogen-bond donors (Lipinski definition) is 1. The third kappa shape index (κ3) is 3.77. The van der Waals surface area contributed by atoms with Crippen LogP contribution in [-0.2, 0) is 6.61 Å². The lowest BCUT2D eigenvalue weighted by Gasteiger charge is -2.11. The van der Waals surface area contributed by atoms with Crippen LogP contribution in [0, 0.1) is 0 Å². The number of methoxy groups -OCH3 is 1. The van der Waals surface area contributed by atoms with Crippen LogP contribution in [0.5, 0.6) is 11.5 Å². The third-order valence-electron chi connectivity index (χ3n) is 3.55. The van der Waals surface area contributed by atoms with Gasteiger partial charge in [0.15, 0.2) is 0 Å². The molecule has 1 heterocycles. The van der Waals surface area contributed by atoms with Gasteiger partial charge in [-0.25, -0.2) is 4.68 Å². The van der Waals surface area contributed by atoms with Gasteiger partial charge in [-0.15, -0.1) is 18.3 Å². The molecule has 9 heteroatoms. The van der Waals surface area contributed by atoms with E-state index in [1.807, 2.05) is 0 Å². The van der Waals surface area contributed by atoms with Crippen molar-refractivity contribution in [2.45, 2.75) is 13.0 Å². The summed E-state index contributed by atoms with van der Waals surface area (Å²) < 4.78 is 47.3. The second kappa shape index (κ2) is 7.04. The Bertz CT molecular complexity index is 892. The van der Waals surface area contributed by atoms with Crippen LogP contribution < -0.4 is 9.47 Å². The molecule has 2 aromatic carbocycles. The number of halogens is 3. The van der Waals surface area contributed by atoms with Crippen molar-refractivity contribution in [3.05, 3.63) is 54.2 Å². The maximum atomic E-state index is 12.3. The summed E-state index contributed by atoms with van der Waals surface area (Å²) in [7, 11) is 1.53. The zero-order chi connectivity index (χ0) is 18.7. The van der Waals surface area contributed by atoms with Gasteiger partial charge in [-0.05, 0) is 36.4 Å². The molecule has 3 rings (SSSR count). The number of nitrogens with zero attached hydrogens (tertiary/aromatic N) is 3. The number of rotatable bonds is 5. The van der Waals surface area contributed by atoms with E-state index in [-0.39, 0.29) is 12.4 Å².